The van der Waals surface area contributed by atoms with E-state index in [1.807, 2.05) is 19.1 Å². The van der Waals surface area contributed by atoms with Crippen molar-refractivity contribution in [1.29, 1.82) is 0 Å². The molecule has 0 bridgehead atoms. The fourth-order valence-corrected chi connectivity index (χ4v) is 5.05. The summed E-state index contributed by atoms with van der Waals surface area (Å²) in [5, 5.41) is 13.4. The maximum atomic E-state index is 12.6. The lowest BCUT2D eigenvalue weighted by molar-refractivity contribution is -0.117. The Hall–Kier alpha value is -3.07. The molecule has 1 aliphatic heterocycles. The van der Waals surface area contributed by atoms with Crippen molar-refractivity contribution in [2.45, 2.75) is 75.9 Å². The van der Waals surface area contributed by atoms with E-state index in [1.54, 1.807) is 17.0 Å². The predicted molar refractivity (Wildman–Crippen MR) is 132 cm³/mol. The minimum absolute atomic E-state index is 0.0925. The van der Waals surface area contributed by atoms with Gasteiger partial charge in [-0.3, -0.25) is 14.7 Å². The van der Waals surface area contributed by atoms with Gasteiger partial charge in [0.1, 0.15) is 6.10 Å². The van der Waals surface area contributed by atoms with Gasteiger partial charge >= 0.3 is 6.09 Å². The summed E-state index contributed by atoms with van der Waals surface area (Å²) in [6, 6.07) is 7.19. The molecule has 2 aliphatic carbocycles. The van der Waals surface area contributed by atoms with Crippen molar-refractivity contribution in [2.75, 3.05) is 16.8 Å². The number of hydrogen-bond donors (Lipinski definition) is 3. The van der Waals surface area contributed by atoms with Crippen LogP contribution in [0.3, 0.4) is 0 Å². The van der Waals surface area contributed by atoms with Gasteiger partial charge < -0.3 is 20.3 Å². The van der Waals surface area contributed by atoms with Gasteiger partial charge in [0.2, 0.25) is 11.8 Å². The highest BCUT2D eigenvalue weighted by Crippen LogP contribution is 2.37. The lowest BCUT2D eigenvalue weighted by atomic mass is 10.0. The summed E-state index contributed by atoms with van der Waals surface area (Å²) < 4.78 is 5.59. The molecule has 0 unspecified atom stereocenters. The number of hydrogen-bond acceptors (Lipinski definition) is 5. The molecule has 1 aromatic heterocycles. The average molecular weight is 500 g/mol. The van der Waals surface area contributed by atoms with Gasteiger partial charge in [-0.1, -0.05) is 17.7 Å². The smallest absolute Gasteiger partial charge is 0.407 e. The molecule has 9 nitrogen and oxygen atoms in total. The molecule has 1 aromatic carbocycles. The monoisotopic (exact) mass is 499 g/mol. The van der Waals surface area contributed by atoms with Crippen LogP contribution in [0.5, 0.6) is 0 Å². The number of carbonyl (C=O) groups is 3. The molecule has 2 heterocycles. The molecule has 1 saturated heterocycles. The van der Waals surface area contributed by atoms with Crippen molar-refractivity contribution >= 4 is 41.0 Å². The van der Waals surface area contributed by atoms with E-state index in [0.717, 1.165) is 49.9 Å². The number of alkyl carbamates (subject to hydrolysis) is 1. The SMILES string of the molecule is CC1(NC(=O)O[C@@H]2CC[C@@H](c3cc(NC(=O)Cc4ccc(N5CCCC5=O)cc4Cl)n[nH]3)C2)CC1. The molecule has 2 aromatic rings. The summed E-state index contributed by atoms with van der Waals surface area (Å²) in [7, 11) is 0. The number of amides is 3. The van der Waals surface area contributed by atoms with Gasteiger partial charge in [-0.15, -0.1) is 0 Å². The van der Waals surface area contributed by atoms with Crippen LogP contribution in [0, 0.1) is 0 Å². The maximum absolute atomic E-state index is 12.6. The molecule has 3 amide bonds. The highest BCUT2D eigenvalue weighted by molar-refractivity contribution is 6.32. The van der Waals surface area contributed by atoms with Crippen LogP contribution in [0.2, 0.25) is 5.02 Å². The van der Waals surface area contributed by atoms with Gasteiger partial charge in [-0.25, -0.2) is 4.79 Å². The van der Waals surface area contributed by atoms with Gasteiger partial charge in [-0.2, -0.15) is 5.10 Å². The second-order valence-electron chi connectivity index (χ2n) is 10.1. The van der Waals surface area contributed by atoms with Crippen LogP contribution < -0.4 is 15.5 Å². The van der Waals surface area contributed by atoms with Crippen LogP contribution in [-0.4, -0.2) is 46.3 Å². The zero-order valence-electron chi connectivity index (χ0n) is 19.7. The summed E-state index contributed by atoms with van der Waals surface area (Å²) in [5.41, 5.74) is 2.27. The Labute approximate surface area is 208 Å². The largest absolute Gasteiger partial charge is 0.446 e. The van der Waals surface area contributed by atoms with Gasteiger partial charge in [0.05, 0.1) is 6.42 Å². The Morgan fingerprint density at radius 3 is 2.83 bits per heavy atom. The molecule has 3 fully saturated rings. The number of aromatic amines is 1. The number of aromatic nitrogens is 2. The highest BCUT2D eigenvalue weighted by Gasteiger charge is 2.40. The number of carbonyl (C=O) groups excluding carboxylic acids is 3. The molecule has 0 radical (unpaired) electrons. The Bertz CT molecular complexity index is 1140. The number of rotatable bonds is 7. The fraction of sp³-hybridized carbons (Fsp3) is 0.520. The maximum Gasteiger partial charge on any atom is 0.407 e. The van der Waals surface area contributed by atoms with E-state index in [9.17, 15) is 14.4 Å². The van der Waals surface area contributed by atoms with Gasteiger partial charge in [-0.05, 0) is 63.1 Å². The van der Waals surface area contributed by atoms with Crippen molar-refractivity contribution in [3.63, 3.8) is 0 Å². The Morgan fingerprint density at radius 2 is 2.11 bits per heavy atom. The Balaban J connectivity index is 1.12. The number of benzene rings is 1. The number of nitrogens with zero attached hydrogens (tertiary/aromatic N) is 2. The van der Waals surface area contributed by atoms with E-state index < -0.39 is 0 Å². The zero-order chi connectivity index (χ0) is 24.6. The standard InChI is InChI=1S/C25H30ClN5O4/c1-25(8-9-25)28-24(34)35-18-7-5-16(11-18)20-14-21(30-29-20)27-22(32)12-15-4-6-17(13-19(15)26)31-10-2-3-23(31)33/h4,6,13-14,16,18H,2-3,5,7-12H2,1H3,(H,28,34)(H2,27,29,30,32)/t16-,18-/m1/s1. The Morgan fingerprint density at radius 1 is 1.29 bits per heavy atom. The molecule has 3 N–H and O–H groups in total. The first-order valence-electron chi connectivity index (χ1n) is 12.2. The molecular weight excluding hydrogens is 470 g/mol. The number of halogens is 1. The number of H-pyrrole nitrogens is 1. The van der Waals surface area contributed by atoms with Crippen molar-refractivity contribution in [1.82, 2.24) is 15.5 Å². The first-order valence-corrected chi connectivity index (χ1v) is 12.6. The summed E-state index contributed by atoms with van der Waals surface area (Å²) in [6.07, 6.45) is 5.43. The van der Waals surface area contributed by atoms with E-state index in [0.29, 0.717) is 29.4 Å². The van der Waals surface area contributed by atoms with Crippen LogP contribution in [0.4, 0.5) is 16.3 Å². The van der Waals surface area contributed by atoms with Crippen LogP contribution in [0.25, 0.3) is 0 Å². The fourth-order valence-electron chi connectivity index (χ4n) is 4.81. The Kier molecular flexibility index (Phi) is 6.44. The summed E-state index contributed by atoms with van der Waals surface area (Å²) in [6.45, 7) is 2.71. The molecular formula is C25H30ClN5O4. The molecule has 35 heavy (non-hydrogen) atoms. The van der Waals surface area contributed by atoms with Crippen molar-refractivity contribution < 1.29 is 19.1 Å². The van der Waals surface area contributed by atoms with Crippen molar-refractivity contribution in [2.24, 2.45) is 0 Å². The second kappa shape index (κ2) is 9.53. The van der Waals surface area contributed by atoms with Crippen LogP contribution >= 0.6 is 11.6 Å². The third-order valence-electron chi connectivity index (χ3n) is 7.14. The van der Waals surface area contributed by atoms with E-state index in [-0.39, 0.29) is 41.9 Å². The van der Waals surface area contributed by atoms with Crippen LogP contribution in [0.15, 0.2) is 24.3 Å². The lowest BCUT2D eigenvalue weighted by Gasteiger charge is -2.17. The van der Waals surface area contributed by atoms with E-state index in [2.05, 4.69) is 20.8 Å². The predicted octanol–water partition coefficient (Wildman–Crippen LogP) is 4.29. The van der Waals surface area contributed by atoms with Crippen molar-refractivity contribution in [3.05, 3.63) is 40.5 Å². The summed E-state index contributed by atoms with van der Waals surface area (Å²) >= 11 is 6.40. The molecule has 186 valence electrons. The molecule has 2 saturated carbocycles. The first-order chi connectivity index (χ1) is 16.8. The molecule has 2 atom stereocenters. The quantitative estimate of drug-likeness (QED) is 0.525. The van der Waals surface area contributed by atoms with E-state index in [1.165, 1.54) is 0 Å². The van der Waals surface area contributed by atoms with Crippen LogP contribution in [0.1, 0.15) is 69.0 Å². The first kappa shape index (κ1) is 23.7. The highest BCUT2D eigenvalue weighted by atomic mass is 35.5. The number of anilines is 2. The summed E-state index contributed by atoms with van der Waals surface area (Å²) in [5.74, 6) is 0.506. The van der Waals surface area contributed by atoms with Gasteiger partial charge in [0.15, 0.2) is 5.82 Å². The third kappa shape index (κ3) is 5.61. The molecule has 0 spiro atoms. The van der Waals surface area contributed by atoms with E-state index in [4.69, 9.17) is 16.3 Å². The third-order valence-corrected chi connectivity index (χ3v) is 7.49. The lowest BCUT2D eigenvalue weighted by Crippen LogP contribution is -2.36. The average Bonchev–Trinajstić information content (AvgIpc) is 3.22. The second-order valence-corrected chi connectivity index (χ2v) is 10.5. The van der Waals surface area contributed by atoms with Crippen molar-refractivity contribution in [3.8, 4) is 0 Å². The molecule has 3 aliphatic rings. The van der Waals surface area contributed by atoms with E-state index >= 15 is 0 Å². The number of ether oxygens (including phenoxy) is 1. The summed E-state index contributed by atoms with van der Waals surface area (Å²) in [4.78, 5) is 38.3. The minimum atomic E-state index is -0.341. The number of nitrogens with one attached hydrogen (secondary N) is 3. The van der Waals surface area contributed by atoms with Crippen LogP contribution in [-0.2, 0) is 20.7 Å². The molecule has 10 heteroatoms. The topological polar surface area (TPSA) is 116 Å². The van der Waals surface area contributed by atoms with Gasteiger partial charge in [0.25, 0.3) is 0 Å². The minimum Gasteiger partial charge on any atom is -0.446 e. The molecule has 5 rings (SSSR count). The zero-order valence-corrected chi connectivity index (χ0v) is 20.5. The van der Waals surface area contributed by atoms with Gasteiger partial charge in [0, 0.05) is 46.9 Å². The normalized spacial score (nSPS) is 22.8.